The summed E-state index contributed by atoms with van der Waals surface area (Å²) in [6.45, 7) is 0. The molecule has 6 nitrogen and oxygen atoms in total. The van der Waals surface area contributed by atoms with Gasteiger partial charge in [0.2, 0.25) is 5.95 Å². The molecule has 0 saturated carbocycles. The van der Waals surface area contributed by atoms with Crippen LogP contribution in [-0.4, -0.2) is 22.1 Å². The lowest BCUT2D eigenvalue weighted by Gasteiger charge is -2.06. The number of methoxy groups -OCH3 is 1. The smallest absolute Gasteiger partial charge is 0.321 e. The molecule has 19 heavy (non-hydrogen) atoms. The number of anilines is 1. The van der Waals surface area contributed by atoms with E-state index in [-0.39, 0.29) is 12.0 Å². The van der Waals surface area contributed by atoms with E-state index in [9.17, 15) is 0 Å². The Morgan fingerprint density at radius 2 is 2.11 bits per heavy atom. The molecular formula is C11H12ClN5OS. The highest BCUT2D eigenvalue weighted by Gasteiger charge is 2.08. The Morgan fingerprint density at radius 3 is 2.79 bits per heavy atom. The SMILES string of the molecule is COc1nc(NN)nc(SCc2ccccc2Cl)n1. The average Bonchev–Trinajstić information content (AvgIpc) is 2.46. The van der Waals surface area contributed by atoms with Gasteiger partial charge in [-0.2, -0.15) is 15.0 Å². The number of hydrogen-bond acceptors (Lipinski definition) is 7. The third kappa shape index (κ3) is 3.69. The minimum atomic E-state index is 0.213. The zero-order valence-corrected chi connectivity index (χ0v) is 11.7. The number of aromatic nitrogens is 3. The molecule has 0 bridgehead atoms. The number of nitrogens with one attached hydrogen (secondary N) is 1. The number of halogens is 1. The van der Waals surface area contributed by atoms with Crippen LogP contribution in [0.1, 0.15) is 5.56 Å². The summed E-state index contributed by atoms with van der Waals surface area (Å²) in [4.78, 5) is 12.2. The van der Waals surface area contributed by atoms with Crippen molar-refractivity contribution in [1.82, 2.24) is 15.0 Å². The van der Waals surface area contributed by atoms with Crippen LogP contribution in [-0.2, 0) is 5.75 Å². The van der Waals surface area contributed by atoms with Gasteiger partial charge in [-0.15, -0.1) is 0 Å². The van der Waals surface area contributed by atoms with E-state index in [1.807, 2.05) is 24.3 Å². The molecule has 1 aromatic carbocycles. The molecular weight excluding hydrogens is 286 g/mol. The molecule has 0 aliphatic heterocycles. The standard InChI is InChI=1S/C11H12ClN5OS/c1-18-10-14-9(17-13)15-11(16-10)19-6-7-4-2-3-5-8(7)12/h2-5H,6,13H2,1H3,(H,14,15,16,17). The van der Waals surface area contributed by atoms with E-state index in [1.54, 1.807) is 0 Å². The Labute approximate surface area is 119 Å². The highest BCUT2D eigenvalue weighted by atomic mass is 35.5. The fourth-order valence-corrected chi connectivity index (χ4v) is 2.43. The molecule has 8 heteroatoms. The molecule has 100 valence electrons. The Morgan fingerprint density at radius 1 is 1.32 bits per heavy atom. The molecule has 0 aliphatic carbocycles. The van der Waals surface area contributed by atoms with Gasteiger partial charge in [-0.05, 0) is 11.6 Å². The molecule has 0 fully saturated rings. The van der Waals surface area contributed by atoms with Crippen LogP contribution >= 0.6 is 23.4 Å². The highest BCUT2D eigenvalue weighted by molar-refractivity contribution is 7.98. The number of nitrogen functional groups attached to an aromatic ring is 1. The number of ether oxygens (including phenoxy) is 1. The quantitative estimate of drug-likeness (QED) is 0.496. The maximum absolute atomic E-state index is 6.08. The van der Waals surface area contributed by atoms with Crippen molar-refractivity contribution in [3.63, 3.8) is 0 Å². The first-order valence-corrected chi connectivity index (χ1v) is 6.72. The van der Waals surface area contributed by atoms with Crippen LogP contribution in [0.25, 0.3) is 0 Å². The lowest BCUT2D eigenvalue weighted by atomic mass is 10.2. The predicted octanol–water partition coefficient (Wildman–Crippen LogP) is 2.11. The maximum atomic E-state index is 6.08. The van der Waals surface area contributed by atoms with E-state index in [4.69, 9.17) is 22.2 Å². The molecule has 0 saturated heterocycles. The van der Waals surface area contributed by atoms with E-state index in [1.165, 1.54) is 18.9 Å². The summed E-state index contributed by atoms with van der Waals surface area (Å²) in [5, 5.41) is 1.23. The normalized spacial score (nSPS) is 10.3. The number of hydrogen-bond donors (Lipinski definition) is 2. The summed E-state index contributed by atoms with van der Waals surface area (Å²) in [6.07, 6.45) is 0. The maximum Gasteiger partial charge on any atom is 0.321 e. The van der Waals surface area contributed by atoms with Crippen molar-refractivity contribution in [2.24, 2.45) is 5.84 Å². The third-order valence-electron chi connectivity index (χ3n) is 2.22. The second-order valence-corrected chi connectivity index (χ2v) is 4.80. The molecule has 0 amide bonds. The van der Waals surface area contributed by atoms with Crippen LogP contribution in [0.5, 0.6) is 6.01 Å². The fourth-order valence-electron chi connectivity index (χ4n) is 1.32. The van der Waals surface area contributed by atoms with Gasteiger partial charge in [-0.1, -0.05) is 41.6 Å². The predicted molar refractivity (Wildman–Crippen MR) is 75.2 cm³/mol. The number of nitrogens with two attached hydrogens (primary N) is 1. The zero-order valence-electron chi connectivity index (χ0n) is 10.1. The average molecular weight is 298 g/mol. The summed E-state index contributed by atoms with van der Waals surface area (Å²) < 4.78 is 4.98. The van der Waals surface area contributed by atoms with Crippen LogP contribution in [0.2, 0.25) is 5.02 Å². The van der Waals surface area contributed by atoms with Gasteiger partial charge in [-0.25, -0.2) is 5.84 Å². The minimum Gasteiger partial charge on any atom is -0.467 e. The first-order valence-electron chi connectivity index (χ1n) is 5.36. The molecule has 0 unspecified atom stereocenters. The van der Waals surface area contributed by atoms with Gasteiger partial charge in [0.25, 0.3) is 0 Å². The van der Waals surface area contributed by atoms with Gasteiger partial charge in [0.15, 0.2) is 5.16 Å². The molecule has 0 radical (unpaired) electrons. The highest BCUT2D eigenvalue weighted by Crippen LogP contribution is 2.25. The van der Waals surface area contributed by atoms with Crippen molar-refractivity contribution in [1.29, 1.82) is 0 Å². The fraction of sp³-hybridized carbons (Fsp3) is 0.182. The molecule has 1 aromatic heterocycles. The van der Waals surface area contributed by atoms with Crippen LogP contribution in [0.3, 0.4) is 0 Å². The van der Waals surface area contributed by atoms with Crippen molar-refractivity contribution in [2.75, 3.05) is 12.5 Å². The van der Waals surface area contributed by atoms with Crippen molar-refractivity contribution in [3.05, 3.63) is 34.9 Å². The third-order valence-corrected chi connectivity index (χ3v) is 3.49. The molecule has 0 spiro atoms. The Balaban J connectivity index is 2.13. The monoisotopic (exact) mass is 297 g/mol. The minimum absolute atomic E-state index is 0.213. The lowest BCUT2D eigenvalue weighted by Crippen LogP contribution is -2.12. The number of nitrogens with zero attached hydrogens (tertiary/aromatic N) is 3. The van der Waals surface area contributed by atoms with E-state index in [2.05, 4.69) is 20.4 Å². The number of benzene rings is 1. The number of thioether (sulfide) groups is 1. The van der Waals surface area contributed by atoms with Gasteiger partial charge < -0.3 is 4.74 Å². The number of hydrazine groups is 1. The number of rotatable bonds is 5. The first-order chi connectivity index (χ1) is 9.22. The topological polar surface area (TPSA) is 86.0 Å². The van der Waals surface area contributed by atoms with Gasteiger partial charge in [-0.3, -0.25) is 5.43 Å². The van der Waals surface area contributed by atoms with Crippen molar-refractivity contribution in [2.45, 2.75) is 10.9 Å². The van der Waals surface area contributed by atoms with Crippen molar-refractivity contribution >= 4 is 29.3 Å². The van der Waals surface area contributed by atoms with Crippen LogP contribution in [0.4, 0.5) is 5.95 Å². The second-order valence-electron chi connectivity index (χ2n) is 3.45. The van der Waals surface area contributed by atoms with E-state index < -0.39 is 0 Å². The first kappa shape index (κ1) is 13.9. The molecule has 1 heterocycles. The Bertz CT molecular complexity index is 546. The van der Waals surface area contributed by atoms with E-state index >= 15 is 0 Å². The van der Waals surface area contributed by atoms with Crippen LogP contribution in [0, 0.1) is 0 Å². The van der Waals surface area contributed by atoms with Gasteiger partial charge in [0.05, 0.1) is 7.11 Å². The van der Waals surface area contributed by atoms with E-state index in [0.717, 1.165) is 5.56 Å². The molecule has 0 aliphatic rings. The Kier molecular flexibility index (Phi) is 4.78. The van der Waals surface area contributed by atoms with Crippen LogP contribution < -0.4 is 16.0 Å². The Hall–Kier alpha value is -1.57. The van der Waals surface area contributed by atoms with Gasteiger partial charge >= 0.3 is 6.01 Å². The lowest BCUT2D eigenvalue weighted by molar-refractivity contribution is 0.373. The summed E-state index contributed by atoms with van der Waals surface area (Å²) in [5.74, 6) is 6.19. The van der Waals surface area contributed by atoms with Gasteiger partial charge in [0.1, 0.15) is 0 Å². The summed E-state index contributed by atoms with van der Waals surface area (Å²) >= 11 is 7.51. The second kappa shape index (κ2) is 6.55. The molecule has 0 atom stereocenters. The van der Waals surface area contributed by atoms with Gasteiger partial charge in [0, 0.05) is 10.8 Å². The molecule has 2 rings (SSSR count). The zero-order chi connectivity index (χ0) is 13.7. The molecule has 2 aromatic rings. The van der Waals surface area contributed by atoms with Crippen molar-refractivity contribution in [3.8, 4) is 6.01 Å². The van der Waals surface area contributed by atoms with E-state index in [0.29, 0.717) is 15.9 Å². The molecule has 3 N–H and O–H groups in total. The van der Waals surface area contributed by atoms with Crippen molar-refractivity contribution < 1.29 is 4.74 Å². The summed E-state index contributed by atoms with van der Waals surface area (Å²) in [5.41, 5.74) is 3.38. The summed E-state index contributed by atoms with van der Waals surface area (Å²) in [6, 6.07) is 7.83. The van der Waals surface area contributed by atoms with Crippen LogP contribution in [0.15, 0.2) is 29.4 Å². The summed E-state index contributed by atoms with van der Waals surface area (Å²) in [7, 11) is 1.48. The largest absolute Gasteiger partial charge is 0.467 e.